The molecule has 1 atom stereocenters. The number of amides is 1. The number of rotatable bonds is 7. The van der Waals surface area contributed by atoms with Crippen LogP contribution in [0.1, 0.15) is 38.3 Å². The highest BCUT2D eigenvalue weighted by Gasteiger charge is 2.39. The molecule has 0 bridgehead atoms. The van der Waals surface area contributed by atoms with Crippen molar-refractivity contribution in [2.75, 3.05) is 7.11 Å². The second-order valence-corrected chi connectivity index (χ2v) is 6.23. The van der Waals surface area contributed by atoms with E-state index in [-0.39, 0.29) is 11.4 Å². The van der Waals surface area contributed by atoms with Crippen molar-refractivity contribution in [1.82, 2.24) is 10.5 Å². The third kappa shape index (κ3) is 3.48. The predicted molar refractivity (Wildman–Crippen MR) is 94.4 cm³/mol. The second-order valence-electron chi connectivity index (χ2n) is 6.23. The van der Waals surface area contributed by atoms with Crippen LogP contribution in [-0.4, -0.2) is 30.1 Å². The number of carbonyl (C=O) groups excluding carboxylic acids is 2. The molecular formula is C19H21FN2O4. The Morgan fingerprint density at radius 3 is 2.88 bits per heavy atom. The molecule has 0 fully saturated rings. The third-order valence-electron chi connectivity index (χ3n) is 4.41. The third-order valence-corrected chi connectivity index (χ3v) is 4.41. The number of ether oxygens (including phenoxy) is 1. The van der Waals surface area contributed by atoms with Gasteiger partial charge in [0.1, 0.15) is 17.5 Å². The van der Waals surface area contributed by atoms with Crippen molar-refractivity contribution in [1.29, 1.82) is 0 Å². The molecule has 7 heteroatoms. The highest BCUT2D eigenvalue weighted by molar-refractivity contribution is 6.24. The Bertz CT molecular complexity index is 872. The maximum Gasteiger partial charge on any atom is 0.344 e. The number of esters is 1. The number of hydrogen-bond donors (Lipinski definition) is 2. The molecule has 6 nitrogen and oxygen atoms in total. The van der Waals surface area contributed by atoms with Crippen molar-refractivity contribution in [2.45, 2.75) is 38.7 Å². The van der Waals surface area contributed by atoms with E-state index >= 15 is 0 Å². The van der Waals surface area contributed by atoms with Crippen LogP contribution >= 0.6 is 0 Å². The largest absolute Gasteiger partial charge is 0.454 e. The number of benzene rings is 1. The molecule has 2 aromatic rings. The molecule has 1 aliphatic rings. The molecule has 138 valence electrons. The highest BCUT2D eigenvalue weighted by Crippen LogP contribution is 2.35. The molecule has 0 radical (unpaired) electrons. The number of hydroxylamine groups is 1. The summed E-state index contributed by atoms with van der Waals surface area (Å²) in [5, 5.41) is 0.658. The van der Waals surface area contributed by atoms with E-state index in [1.165, 1.54) is 19.2 Å². The quantitative estimate of drug-likeness (QED) is 0.344. The van der Waals surface area contributed by atoms with Crippen LogP contribution in [0.2, 0.25) is 0 Å². The van der Waals surface area contributed by atoms with E-state index in [1.54, 1.807) is 12.1 Å². The maximum atomic E-state index is 13.5. The minimum atomic E-state index is -0.680. The fraction of sp³-hybridized carbons (Fsp3) is 0.368. The lowest BCUT2D eigenvalue weighted by atomic mass is 9.97. The van der Waals surface area contributed by atoms with Gasteiger partial charge in [-0.3, -0.25) is 9.63 Å². The van der Waals surface area contributed by atoms with Gasteiger partial charge in [-0.15, -0.1) is 0 Å². The zero-order chi connectivity index (χ0) is 18.7. The molecular weight excluding hydrogens is 339 g/mol. The van der Waals surface area contributed by atoms with E-state index in [4.69, 9.17) is 4.74 Å². The molecule has 3 rings (SSSR count). The van der Waals surface area contributed by atoms with Crippen LogP contribution in [-0.2, 0) is 19.2 Å². The minimum Gasteiger partial charge on any atom is -0.454 e. The normalized spacial score (nSPS) is 17.0. The average Bonchev–Trinajstić information content (AvgIpc) is 3.15. The fourth-order valence-electron chi connectivity index (χ4n) is 3.22. The van der Waals surface area contributed by atoms with Crippen molar-refractivity contribution >= 4 is 28.4 Å². The maximum absolute atomic E-state index is 13.5. The SMILES string of the molecule is CCCCCC1OC(=O)C(C(=O)NOC)=C1c1cc2cc(F)ccc2[nH]1. The number of cyclic esters (lactones) is 1. The van der Waals surface area contributed by atoms with Crippen molar-refractivity contribution in [3.8, 4) is 0 Å². The van der Waals surface area contributed by atoms with Gasteiger partial charge >= 0.3 is 5.97 Å². The van der Waals surface area contributed by atoms with Crippen molar-refractivity contribution < 1.29 is 23.6 Å². The van der Waals surface area contributed by atoms with Gasteiger partial charge in [-0.2, -0.15) is 0 Å². The van der Waals surface area contributed by atoms with Gasteiger partial charge in [0.05, 0.1) is 7.11 Å². The van der Waals surface area contributed by atoms with Crippen LogP contribution in [0, 0.1) is 5.82 Å². The zero-order valence-corrected chi connectivity index (χ0v) is 14.7. The Morgan fingerprint density at radius 1 is 1.35 bits per heavy atom. The van der Waals surface area contributed by atoms with Crippen LogP contribution < -0.4 is 5.48 Å². The van der Waals surface area contributed by atoms with Gasteiger partial charge in [0.25, 0.3) is 5.91 Å². The van der Waals surface area contributed by atoms with Crippen LogP contribution in [0.25, 0.3) is 16.5 Å². The van der Waals surface area contributed by atoms with Gasteiger partial charge in [0, 0.05) is 22.2 Å². The zero-order valence-electron chi connectivity index (χ0n) is 14.7. The number of H-pyrrole nitrogens is 1. The number of nitrogens with one attached hydrogen (secondary N) is 2. The summed E-state index contributed by atoms with van der Waals surface area (Å²) in [5.41, 5.74) is 3.86. The second kappa shape index (κ2) is 7.70. The first kappa shape index (κ1) is 18.1. The first-order valence-electron chi connectivity index (χ1n) is 8.62. The standard InChI is InChI=1S/C19H21FN2O4/c1-3-4-5-6-15-16(17(19(24)26-15)18(23)22-25-2)14-10-11-9-12(20)7-8-13(11)21-14/h7-10,15,21H,3-6H2,1-2H3,(H,22,23). The molecule has 2 N–H and O–H groups in total. The molecule has 0 saturated heterocycles. The minimum absolute atomic E-state index is 0.0830. The van der Waals surface area contributed by atoms with E-state index in [1.807, 2.05) is 0 Å². The van der Waals surface area contributed by atoms with Gasteiger partial charge in [-0.1, -0.05) is 19.8 Å². The van der Waals surface area contributed by atoms with Gasteiger partial charge in [-0.25, -0.2) is 14.7 Å². The lowest BCUT2D eigenvalue weighted by molar-refractivity contribution is -0.142. The lowest BCUT2D eigenvalue weighted by Gasteiger charge is -2.13. The molecule has 1 amide bonds. The first-order valence-corrected chi connectivity index (χ1v) is 8.62. The molecule has 2 heterocycles. The number of carbonyl (C=O) groups is 2. The molecule has 0 saturated carbocycles. The Kier molecular flexibility index (Phi) is 5.37. The van der Waals surface area contributed by atoms with E-state index in [0.717, 1.165) is 19.3 Å². The molecule has 0 spiro atoms. The number of aromatic amines is 1. The van der Waals surface area contributed by atoms with Crippen molar-refractivity contribution in [2.24, 2.45) is 0 Å². The van der Waals surface area contributed by atoms with Crippen LogP contribution in [0.15, 0.2) is 29.8 Å². The van der Waals surface area contributed by atoms with Gasteiger partial charge < -0.3 is 9.72 Å². The van der Waals surface area contributed by atoms with E-state index in [2.05, 4.69) is 22.2 Å². The smallest absolute Gasteiger partial charge is 0.344 e. The molecule has 1 aromatic heterocycles. The summed E-state index contributed by atoms with van der Waals surface area (Å²) in [6, 6.07) is 6.09. The molecule has 1 unspecified atom stereocenters. The summed E-state index contributed by atoms with van der Waals surface area (Å²) in [6.45, 7) is 2.08. The predicted octanol–water partition coefficient (Wildman–Crippen LogP) is 3.24. The molecule has 0 aliphatic carbocycles. The summed E-state index contributed by atoms with van der Waals surface area (Å²) in [7, 11) is 1.29. The van der Waals surface area contributed by atoms with E-state index in [9.17, 15) is 14.0 Å². The molecule has 1 aromatic carbocycles. The summed E-state index contributed by atoms with van der Waals surface area (Å²) < 4.78 is 18.9. The van der Waals surface area contributed by atoms with E-state index < -0.39 is 18.0 Å². The summed E-state index contributed by atoms with van der Waals surface area (Å²) >= 11 is 0. The van der Waals surface area contributed by atoms with Crippen LogP contribution in [0.3, 0.4) is 0 Å². The van der Waals surface area contributed by atoms with Crippen molar-refractivity contribution in [3.63, 3.8) is 0 Å². The van der Waals surface area contributed by atoms with Gasteiger partial charge in [0.2, 0.25) is 0 Å². The van der Waals surface area contributed by atoms with Gasteiger partial charge in [0.15, 0.2) is 0 Å². The Labute approximate surface area is 150 Å². The van der Waals surface area contributed by atoms with Gasteiger partial charge in [-0.05, 0) is 37.1 Å². The number of unbranched alkanes of at least 4 members (excludes halogenated alkanes) is 2. The summed E-state index contributed by atoms with van der Waals surface area (Å²) in [6.07, 6.45) is 2.99. The average molecular weight is 360 g/mol. The first-order chi connectivity index (χ1) is 12.5. The van der Waals surface area contributed by atoms with Crippen LogP contribution in [0.4, 0.5) is 4.39 Å². The van der Waals surface area contributed by atoms with Crippen LogP contribution in [0.5, 0.6) is 0 Å². The molecule has 26 heavy (non-hydrogen) atoms. The highest BCUT2D eigenvalue weighted by atomic mass is 19.1. The number of hydrogen-bond acceptors (Lipinski definition) is 4. The summed E-state index contributed by atoms with van der Waals surface area (Å²) in [5.74, 6) is -1.69. The topological polar surface area (TPSA) is 80.4 Å². The Morgan fingerprint density at radius 2 is 2.15 bits per heavy atom. The Hall–Kier alpha value is -2.67. The monoisotopic (exact) mass is 360 g/mol. The Balaban J connectivity index is 2.06. The molecule has 1 aliphatic heterocycles. The van der Waals surface area contributed by atoms with Crippen molar-refractivity contribution in [3.05, 3.63) is 41.3 Å². The summed E-state index contributed by atoms with van der Waals surface area (Å²) in [4.78, 5) is 32.4. The lowest BCUT2D eigenvalue weighted by Crippen LogP contribution is -2.26. The number of halogens is 1. The number of fused-ring (bicyclic) bond motifs is 1. The van der Waals surface area contributed by atoms with E-state index in [0.29, 0.717) is 28.6 Å². The number of aromatic nitrogens is 1. The fourth-order valence-corrected chi connectivity index (χ4v) is 3.22.